The molecule has 120 valence electrons. The molecular weight excluding hydrogens is 286 g/mol. The maximum absolute atomic E-state index is 11.9. The van der Waals surface area contributed by atoms with Crippen molar-refractivity contribution in [3.63, 3.8) is 0 Å². The summed E-state index contributed by atoms with van der Waals surface area (Å²) in [6.45, 7) is 6.06. The van der Waals surface area contributed by atoms with Gasteiger partial charge in [0.15, 0.2) is 11.5 Å². The fourth-order valence-corrected chi connectivity index (χ4v) is 2.09. The van der Waals surface area contributed by atoms with E-state index in [1.165, 1.54) is 0 Å². The fourth-order valence-electron chi connectivity index (χ4n) is 2.09. The summed E-state index contributed by atoms with van der Waals surface area (Å²) in [5.74, 6) is 1.15. The fraction of sp³-hybridized carbons (Fsp3) is 0.467. The second-order valence-electron chi connectivity index (χ2n) is 5.07. The molecule has 0 aliphatic carbocycles. The van der Waals surface area contributed by atoms with E-state index < -0.39 is 12.1 Å². The molecule has 1 heterocycles. The van der Waals surface area contributed by atoms with Crippen LogP contribution < -0.4 is 25.4 Å². The van der Waals surface area contributed by atoms with Gasteiger partial charge in [0.2, 0.25) is 12.7 Å². The Morgan fingerprint density at radius 2 is 1.91 bits per heavy atom. The molecule has 0 saturated carbocycles. The maximum atomic E-state index is 11.9. The summed E-state index contributed by atoms with van der Waals surface area (Å²) in [5.41, 5.74) is 0.894. The third-order valence-corrected chi connectivity index (χ3v) is 3.34. The molecule has 0 aromatic heterocycles. The van der Waals surface area contributed by atoms with Crippen LogP contribution in [-0.4, -0.2) is 31.3 Å². The number of urea groups is 1. The molecule has 1 aromatic rings. The van der Waals surface area contributed by atoms with E-state index in [0.717, 1.165) is 5.56 Å². The highest BCUT2D eigenvalue weighted by Gasteiger charge is 2.19. The van der Waals surface area contributed by atoms with Crippen LogP contribution in [-0.2, 0) is 4.79 Å². The Labute approximate surface area is 129 Å². The number of hydrogen-bond acceptors (Lipinski definition) is 4. The lowest BCUT2D eigenvalue weighted by atomic mass is 10.1. The molecule has 7 heteroatoms. The van der Waals surface area contributed by atoms with E-state index >= 15 is 0 Å². The van der Waals surface area contributed by atoms with Crippen molar-refractivity contribution in [1.82, 2.24) is 16.0 Å². The number of carbonyl (C=O) groups excluding carboxylic acids is 2. The van der Waals surface area contributed by atoms with Crippen LogP contribution in [0.3, 0.4) is 0 Å². The molecule has 1 aliphatic rings. The zero-order chi connectivity index (χ0) is 16.1. The number of ether oxygens (including phenoxy) is 2. The molecule has 3 N–H and O–H groups in total. The van der Waals surface area contributed by atoms with Gasteiger partial charge in [-0.15, -0.1) is 0 Å². The smallest absolute Gasteiger partial charge is 0.315 e. The van der Waals surface area contributed by atoms with E-state index in [9.17, 15) is 9.59 Å². The summed E-state index contributed by atoms with van der Waals surface area (Å²) in [6, 6.07) is 4.29. The third kappa shape index (κ3) is 3.81. The highest BCUT2D eigenvalue weighted by atomic mass is 16.7. The van der Waals surface area contributed by atoms with Gasteiger partial charge < -0.3 is 25.4 Å². The van der Waals surface area contributed by atoms with E-state index in [0.29, 0.717) is 18.0 Å². The second kappa shape index (κ2) is 7.02. The lowest BCUT2D eigenvalue weighted by Gasteiger charge is -2.18. The molecule has 1 aromatic carbocycles. The molecule has 0 saturated heterocycles. The number of likely N-dealkylation sites (N-methyl/N-ethyl adjacent to an activating group) is 1. The molecule has 0 radical (unpaired) electrons. The zero-order valence-corrected chi connectivity index (χ0v) is 12.9. The second-order valence-corrected chi connectivity index (χ2v) is 5.07. The van der Waals surface area contributed by atoms with E-state index in [-0.39, 0.29) is 18.7 Å². The summed E-state index contributed by atoms with van der Waals surface area (Å²) in [7, 11) is 0. The molecule has 0 fully saturated rings. The van der Waals surface area contributed by atoms with Crippen molar-refractivity contribution in [2.45, 2.75) is 32.9 Å². The van der Waals surface area contributed by atoms with Gasteiger partial charge in [0.1, 0.15) is 6.04 Å². The molecular formula is C15H21N3O4. The number of benzene rings is 1. The van der Waals surface area contributed by atoms with Crippen molar-refractivity contribution in [2.24, 2.45) is 0 Å². The van der Waals surface area contributed by atoms with Gasteiger partial charge >= 0.3 is 6.03 Å². The van der Waals surface area contributed by atoms with Crippen molar-refractivity contribution >= 4 is 11.9 Å². The predicted molar refractivity (Wildman–Crippen MR) is 80.8 cm³/mol. The van der Waals surface area contributed by atoms with Crippen LogP contribution in [0.4, 0.5) is 4.79 Å². The minimum Gasteiger partial charge on any atom is -0.454 e. The van der Waals surface area contributed by atoms with Gasteiger partial charge in [-0.1, -0.05) is 6.07 Å². The van der Waals surface area contributed by atoms with Crippen molar-refractivity contribution in [3.05, 3.63) is 23.8 Å². The summed E-state index contributed by atoms with van der Waals surface area (Å²) in [6.07, 6.45) is 0. The van der Waals surface area contributed by atoms with Crippen LogP contribution in [0.15, 0.2) is 18.2 Å². The Morgan fingerprint density at radius 3 is 2.64 bits per heavy atom. The molecule has 0 unspecified atom stereocenters. The Balaban J connectivity index is 1.90. The lowest BCUT2D eigenvalue weighted by Crippen LogP contribution is -2.48. The first-order valence-electron chi connectivity index (χ1n) is 7.25. The minimum atomic E-state index is -0.594. The standard InChI is InChI=1S/C15H21N3O4/c1-4-16-14(19)10(3)18-15(20)17-9(2)11-5-6-12-13(7-11)22-8-21-12/h5-7,9-10H,4,8H2,1-3H3,(H,16,19)(H2,17,18,20)/t9-,10-/m0/s1. The van der Waals surface area contributed by atoms with Crippen LogP contribution in [0.25, 0.3) is 0 Å². The maximum Gasteiger partial charge on any atom is 0.315 e. The third-order valence-electron chi connectivity index (χ3n) is 3.34. The minimum absolute atomic E-state index is 0.213. The summed E-state index contributed by atoms with van der Waals surface area (Å²) in [4.78, 5) is 23.5. The van der Waals surface area contributed by atoms with Crippen molar-refractivity contribution in [3.8, 4) is 11.5 Å². The Hall–Kier alpha value is -2.44. The van der Waals surface area contributed by atoms with E-state index in [1.807, 2.05) is 32.0 Å². The van der Waals surface area contributed by atoms with Crippen LogP contribution in [0.1, 0.15) is 32.4 Å². The number of fused-ring (bicyclic) bond motifs is 1. The predicted octanol–water partition coefficient (Wildman–Crippen LogP) is 1.30. The Morgan fingerprint density at radius 1 is 1.18 bits per heavy atom. The van der Waals surface area contributed by atoms with E-state index in [2.05, 4.69) is 16.0 Å². The Kier molecular flexibility index (Phi) is 5.08. The molecule has 3 amide bonds. The van der Waals surface area contributed by atoms with E-state index in [4.69, 9.17) is 9.47 Å². The van der Waals surface area contributed by atoms with Gasteiger partial charge in [-0.05, 0) is 38.5 Å². The molecule has 1 aliphatic heterocycles. The number of rotatable bonds is 5. The molecule has 0 bridgehead atoms. The molecule has 22 heavy (non-hydrogen) atoms. The summed E-state index contributed by atoms with van der Waals surface area (Å²) in [5, 5.41) is 8.04. The van der Waals surface area contributed by atoms with Gasteiger partial charge in [0.05, 0.1) is 6.04 Å². The van der Waals surface area contributed by atoms with Gasteiger partial charge in [0.25, 0.3) is 0 Å². The molecule has 2 atom stereocenters. The van der Waals surface area contributed by atoms with Gasteiger partial charge in [0, 0.05) is 6.54 Å². The topological polar surface area (TPSA) is 88.7 Å². The average Bonchev–Trinajstić information content (AvgIpc) is 2.94. The van der Waals surface area contributed by atoms with Crippen molar-refractivity contribution in [2.75, 3.05) is 13.3 Å². The molecule has 2 rings (SSSR count). The Bertz CT molecular complexity index is 562. The number of hydrogen-bond donors (Lipinski definition) is 3. The van der Waals surface area contributed by atoms with Gasteiger partial charge in [-0.2, -0.15) is 0 Å². The monoisotopic (exact) mass is 307 g/mol. The SMILES string of the molecule is CCNC(=O)[C@H](C)NC(=O)N[C@@H](C)c1ccc2c(c1)OCO2. The highest BCUT2D eigenvalue weighted by Crippen LogP contribution is 2.34. The summed E-state index contributed by atoms with van der Waals surface area (Å²) >= 11 is 0. The van der Waals surface area contributed by atoms with Crippen molar-refractivity contribution < 1.29 is 19.1 Å². The largest absolute Gasteiger partial charge is 0.454 e. The number of carbonyl (C=O) groups is 2. The number of amides is 3. The molecule has 0 spiro atoms. The van der Waals surface area contributed by atoms with Gasteiger partial charge in [-0.25, -0.2) is 4.79 Å². The zero-order valence-electron chi connectivity index (χ0n) is 12.9. The quantitative estimate of drug-likeness (QED) is 0.765. The first kappa shape index (κ1) is 15.9. The lowest BCUT2D eigenvalue weighted by molar-refractivity contribution is -0.122. The molecule has 7 nitrogen and oxygen atoms in total. The van der Waals surface area contributed by atoms with Crippen LogP contribution >= 0.6 is 0 Å². The van der Waals surface area contributed by atoms with Crippen LogP contribution in [0.2, 0.25) is 0 Å². The first-order chi connectivity index (χ1) is 10.5. The summed E-state index contributed by atoms with van der Waals surface area (Å²) < 4.78 is 10.6. The van der Waals surface area contributed by atoms with Crippen LogP contribution in [0, 0.1) is 0 Å². The van der Waals surface area contributed by atoms with E-state index in [1.54, 1.807) is 6.92 Å². The van der Waals surface area contributed by atoms with Crippen LogP contribution in [0.5, 0.6) is 11.5 Å². The van der Waals surface area contributed by atoms with Crippen molar-refractivity contribution in [1.29, 1.82) is 0 Å². The highest BCUT2D eigenvalue weighted by molar-refractivity contribution is 5.86. The average molecular weight is 307 g/mol. The van der Waals surface area contributed by atoms with Gasteiger partial charge in [-0.3, -0.25) is 4.79 Å². The normalized spacial score (nSPS) is 14.9. The number of nitrogens with one attached hydrogen (secondary N) is 3. The first-order valence-corrected chi connectivity index (χ1v) is 7.25.